The minimum atomic E-state index is 0.102. The first-order chi connectivity index (χ1) is 8.86. The summed E-state index contributed by atoms with van der Waals surface area (Å²) >= 11 is 0. The number of ether oxygens (including phenoxy) is 3. The van der Waals surface area contributed by atoms with Gasteiger partial charge in [-0.3, -0.25) is 0 Å². The molecule has 2 atom stereocenters. The predicted octanol–water partition coefficient (Wildman–Crippen LogP) is 1.48. The Bertz CT molecular complexity index is 254. The van der Waals surface area contributed by atoms with Gasteiger partial charge in [0.05, 0.1) is 11.7 Å². The third kappa shape index (κ3) is 3.05. The highest BCUT2D eigenvalue weighted by atomic mass is 16.5. The van der Waals surface area contributed by atoms with Crippen LogP contribution in [0.2, 0.25) is 0 Å². The summed E-state index contributed by atoms with van der Waals surface area (Å²) in [6.45, 7) is 4.57. The van der Waals surface area contributed by atoms with Gasteiger partial charge in [0, 0.05) is 39.0 Å². The van der Waals surface area contributed by atoms with Crippen LogP contribution in [0, 0.1) is 0 Å². The Morgan fingerprint density at radius 3 is 2.72 bits per heavy atom. The van der Waals surface area contributed by atoms with Gasteiger partial charge in [-0.25, -0.2) is 0 Å². The molecule has 0 aromatic carbocycles. The summed E-state index contributed by atoms with van der Waals surface area (Å²) in [6.07, 6.45) is 7.28. The molecule has 0 aromatic heterocycles. The Balaban J connectivity index is 1.47. The van der Waals surface area contributed by atoms with E-state index in [1.54, 1.807) is 0 Å². The van der Waals surface area contributed by atoms with Crippen molar-refractivity contribution in [3.8, 4) is 0 Å². The van der Waals surface area contributed by atoms with Crippen LogP contribution in [0.1, 0.15) is 38.5 Å². The molecular formula is C14H25NO3. The third-order valence-electron chi connectivity index (χ3n) is 4.56. The highest BCUT2D eigenvalue weighted by Crippen LogP contribution is 2.34. The van der Waals surface area contributed by atoms with E-state index < -0.39 is 0 Å². The molecule has 3 saturated heterocycles. The summed E-state index contributed by atoms with van der Waals surface area (Å²) in [4.78, 5) is 0. The standard InChI is InChI=1S/C14H25NO3/c1-2-13(17-6-1)11-15-12-3-7-18-14(10-12)4-8-16-9-5-14/h12-13,15H,1-11H2. The molecule has 0 aromatic rings. The fourth-order valence-corrected chi connectivity index (χ4v) is 3.40. The van der Waals surface area contributed by atoms with Crippen LogP contribution in [0.15, 0.2) is 0 Å². The van der Waals surface area contributed by atoms with Gasteiger partial charge in [0.1, 0.15) is 0 Å². The molecular weight excluding hydrogens is 230 g/mol. The predicted molar refractivity (Wildman–Crippen MR) is 68.7 cm³/mol. The Morgan fingerprint density at radius 2 is 1.94 bits per heavy atom. The Labute approximate surface area is 109 Å². The summed E-state index contributed by atoms with van der Waals surface area (Å²) in [7, 11) is 0. The van der Waals surface area contributed by atoms with Gasteiger partial charge in [-0.1, -0.05) is 0 Å². The van der Waals surface area contributed by atoms with Gasteiger partial charge in [0.15, 0.2) is 0 Å². The van der Waals surface area contributed by atoms with Crippen molar-refractivity contribution in [2.75, 3.05) is 33.0 Å². The normalized spacial score (nSPS) is 36.0. The second-order valence-electron chi connectivity index (χ2n) is 5.88. The molecule has 3 aliphatic heterocycles. The van der Waals surface area contributed by atoms with Crippen molar-refractivity contribution >= 4 is 0 Å². The first kappa shape index (κ1) is 12.9. The average Bonchev–Trinajstić information content (AvgIpc) is 2.91. The molecule has 3 rings (SSSR count). The van der Waals surface area contributed by atoms with Gasteiger partial charge < -0.3 is 19.5 Å². The maximum atomic E-state index is 6.06. The Kier molecular flexibility index (Phi) is 4.19. The van der Waals surface area contributed by atoms with Crippen molar-refractivity contribution in [3.05, 3.63) is 0 Å². The lowest BCUT2D eigenvalue weighted by atomic mass is 9.84. The lowest BCUT2D eigenvalue weighted by Gasteiger charge is -2.43. The van der Waals surface area contributed by atoms with Crippen molar-refractivity contribution < 1.29 is 14.2 Å². The molecule has 3 aliphatic rings. The summed E-state index contributed by atoms with van der Waals surface area (Å²) in [5.41, 5.74) is 0.102. The lowest BCUT2D eigenvalue weighted by molar-refractivity contribution is -0.140. The van der Waals surface area contributed by atoms with Gasteiger partial charge in [-0.05, 0) is 38.5 Å². The van der Waals surface area contributed by atoms with E-state index in [9.17, 15) is 0 Å². The van der Waals surface area contributed by atoms with Crippen molar-refractivity contribution in [3.63, 3.8) is 0 Å². The molecule has 4 heteroatoms. The van der Waals surface area contributed by atoms with E-state index in [2.05, 4.69) is 5.32 Å². The molecule has 0 amide bonds. The van der Waals surface area contributed by atoms with Crippen LogP contribution in [0.25, 0.3) is 0 Å². The molecule has 1 spiro atoms. The highest BCUT2D eigenvalue weighted by Gasteiger charge is 2.38. The SMILES string of the molecule is C1COC(CNC2CCOC3(CCOCC3)C2)C1. The molecule has 2 unspecified atom stereocenters. The summed E-state index contributed by atoms with van der Waals surface area (Å²) in [5, 5.41) is 3.69. The van der Waals surface area contributed by atoms with Gasteiger partial charge in [-0.2, -0.15) is 0 Å². The second-order valence-corrected chi connectivity index (χ2v) is 5.88. The zero-order chi connectivity index (χ0) is 12.3. The van der Waals surface area contributed by atoms with Gasteiger partial charge in [0.2, 0.25) is 0 Å². The van der Waals surface area contributed by atoms with E-state index in [0.717, 1.165) is 58.7 Å². The molecule has 0 radical (unpaired) electrons. The van der Waals surface area contributed by atoms with Crippen LogP contribution in [-0.4, -0.2) is 50.7 Å². The number of hydrogen-bond donors (Lipinski definition) is 1. The van der Waals surface area contributed by atoms with Gasteiger partial charge >= 0.3 is 0 Å². The third-order valence-corrected chi connectivity index (χ3v) is 4.56. The van der Waals surface area contributed by atoms with Crippen molar-refractivity contribution in [1.29, 1.82) is 0 Å². The van der Waals surface area contributed by atoms with Crippen LogP contribution in [0.4, 0.5) is 0 Å². The van der Waals surface area contributed by atoms with Crippen molar-refractivity contribution in [1.82, 2.24) is 5.32 Å². The lowest BCUT2D eigenvalue weighted by Crippen LogP contribution is -2.50. The van der Waals surface area contributed by atoms with E-state index in [1.807, 2.05) is 0 Å². The summed E-state index contributed by atoms with van der Waals surface area (Å²) in [6, 6.07) is 0.598. The quantitative estimate of drug-likeness (QED) is 0.829. The van der Waals surface area contributed by atoms with Crippen LogP contribution in [0.5, 0.6) is 0 Å². The average molecular weight is 255 g/mol. The topological polar surface area (TPSA) is 39.7 Å². The monoisotopic (exact) mass is 255 g/mol. The number of nitrogens with one attached hydrogen (secondary N) is 1. The maximum Gasteiger partial charge on any atom is 0.0741 e. The van der Waals surface area contributed by atoms with Crippen LogP contribution in [0.3, 0.4) is 0 Å². The van der Waals surface area contributed by atoms with Gasteiger partial charge in [-0.15, -0.1) is 0 Å². The largest absolute Gasteiger partial charge is 0.381 e. The van der Waals surface area contributed by atoms with Crippen LogP contribution < -0.4 is 5.32 Å². The van der Waals surface area contributed by atoms with E-state index in [0.29, 0.717) is 12.1 Å². The minimum absolute atomic E-state index is 0.102. The van der Waals surface area contributed by atoms with Gasteiger partial charge in [0.25, 0.3) is 0 Å². The molecule has 0 saturated carbocycles. The molecule has 3 heterocycles. The maximum absolute atomic E-state index is 6.06. The fraction of sp³-hybridized carbons (Fsp3) is 1.00. The molecule has 0 bridgehead atoms. The fourth-order valence-electron chi connectivity index (χ4n) is 3.40. The molecule has 4 nitrogen and oxygen atoms in total. The van der Waals surface area contributed by atoms with E-state index in [1.165, 1.54) is 12.8 Å². The smallest absolute Gasteiger partial charge is 0.0741 e. The summed E-state index contributed by atoms with van der Waals surface area (Å²) < 4.78 is 17.2. The zero-order valence-corrected chi connectivity index (χ0v) is 11.2. The Morgan fingerprint density at radius 1 is 1.06 bits per heavy atom. The Hall–Kier alpha value is -0.160. The molecule has 0 aliphatic carbocycles. The number of rotatable bonds is 3. The van der Waals surface area contributed by atoms with E-state index >= 15 is 0 Å². The van der Waals surface area contributed by atoms with Crippen molar-refractivity contribution in [2.24, 2.45) is 0 Å². The van der Waals surface area contributed by atoms with Crippen LogP contribution in [-0.2, 0) is 14.2 Å². The molecule has 3 fully saturated rings. The van der Waals surface area contributed by atoms with E-state index in [4.69, 9.17) is 14.2 Å². The van der Waals surface area contributed by atoms with Crippen LogP contribution >= 0.6 is 0 Å². The minimum Gasteiger partial charge on any atom is -0.381 e. The van der Waals surface area contributed by atoms with Crippen molar-refractivity contribution in [2.45, 2.75) is 56.3 Å². The number of hydrogen-bond acceptors (Lipinski definition) is 4. The molecule has 1 N–H and O–H groups in total. The first-order valence-electron chi connectivity index (χ1n) is 7.43. The van der Waals surface area contributed by atoms with E-state index in [-0.39, 0.29) is 5.60 Å². The summed E-state index contributed by atoms with van der Waals surface area (Å²) in [5.74, 6) is 0. The zero-order valence-electron chi connectivity index (χ0n) is 11.2. The first-order valence-corrected chi connectivity index (χ1v) is 7.43. The highest BCUT2D eigenvalue weighted by molar-refractivity contribution is 4.91. The molecule has 104 valence electrons. The molecule has 18 heavy (non-hydrogen) atoms. The second kappa shape index (κ2) is 5.87.